The van der Waals surface area contributed by atoms with Crippen molar-refractivity contribution in [3.63, 3.8) is 0 Å². The minimum Gasteiger partial charge on any atom is -0.478 e. The standard InChI is InChI=1S/C32H37NO2/c1-22-29-20-27(32(29,2)3)21-30(22)33(19-7-10-23-8-5-4-6-9-23)28-17-15-25(16-18-28)24-11-13-26(14-12-24)31(34)35/h4-6,8-9,11-18,22,27,29-30H,7,10,19-21H2,1-3H3,(H,34,35)/t22-,27+,29?,30+/m1/s1. The van der Waals surface area contributed by atoms with Gasteiger partial charge in [-0.15, -0.1) is 0 Å². The Kier molecular flexibility index (Phi) is 6.44. The zero-order valence-corrected chi connectivity index (χ0v) is 21.2. The molecule has 4 atom stereocenters. The van der Waals surface area contributed by atoms with Crippen LogP contribution in [0.2, 0.25) is 0 Å². The molecule has 6 rings (SSSR count). The van der Waals surface area contributed by atoms with Crippen molar-refractivity contribution in [3.8, 4) is 11.1 Å². The largest absolute Gasteiger partial charge is 0.478 e. The molecular weight excluding hydrogens is 430 g/mol. The van der Waals surface area contributed by atoms with Gasteiger partial charge in [-0.1, -0.05) is 75.4 Å². The van der Waals surface area contributed by atoms with Crippen molar-refractivity contribution < 1.29 is 9.90 Å². The van der Waals surface area contributed by atoms with E-state index in [-0.39, 0.29) is 0 Å². The van der Waals surface area contributed by atoms with E-state index in [2.05, 4.69) is 80.3 Å². The molecule has 0 saturated heterocycles. The Bertz CT molecular complexity index is 1150. The van der Waals surface area contributed by atoms with Crippen molar-refractivity contribution in [3.05, 3.63) is 90.0 Å². The zero-order valence-electron chi connectivity index (χ0n) is 21.2. The van der Waals surface area contributed by atoms with Gasteiger partial charge in [0.25, 0.3) is 0 Å². The Hall–Kier alpha value is -3.07. The third-order valence-corrected chi connectivity index (χ3v) is 9.09. The van der Waals surface area contributed by atoms with Crippen LogP contribution < -0.4 is 4.90 Å². The van der Waals surface area contributed by atoms with Crippen LogP contribution in [0.25, 0.3) is 11.1 Å². The summed E-state index contributed by atoms with van der Waals surface area (Å²) in [6.07, 6.45) is 4.93. The van der Waals surface area contributed by atoms with Crippen LogP contribution in [0.5, 0.6) is 0 Å². The molecule has 35 heavy (non-hydrogen) atoms. The van der Waals surface area contributed by atoms with E-state index in [0.717, 1.165) is 42.3 Å². The van der Waals surface area contributed by atoms with Crippen molar-refractivity contribution in [1.29, 1.82) is 0 Å². The maximum Gasteiger partial charge on any atom is 0.335 e. The summed E-state index contributed by atoms with van der Waals surface area (Å²) in [4.78, 5) is 13.9. The molecule has 0 aromatic heterocycles. The highest BCUT2D eigenvalue weighted by atomic mass is 16.4. The Morgan fingerprint density at radius 1 is 0.914 bits per heavy atom. The lowest BCUT2D eigenvalue weighted by molar-refractivity contribution is -0.109. The Labute approximate surface area is 209 Å². The quantitative estimate of drug-likeness (QED) is 0.371. The number of carboxylic acid groups (broad SMARTS) is 1. The second-order valence-electron chi connectivity index (χ2n) is 11.2. The molecule has 3 aromatic carbocycles. The van der Waals surface area contributed by atoms with E-state index in [4.69, 9.17) is 0 Å². The third kappa shape index (κ3) is 4.61. The molecule has 3 heteroatoms. The molecule has 0 radical (unpaired) electrons. The second kappa shape index (κ2) is 9.53. The van der Waals surface area contributed by atoms with E-state index in [0.29, 0.717) is 22.9 Å². The summed E-state index contributed by atoms with van der Waals surface area (Å²) >= 11 is 0. The van der Waals surface area contributed by atoms with Gasteiger partial charge >= 0.3 is 5.97 Å². The molecule has 1 unspecified atom stereocenters. The fourth-order valence-electron chi connectivity index (χ4n) is 6.77. The summed E-state index contributed by atoms with van der Waals surface area (Å²) in [5.41, 5.74) is 5.69. The second-order valence-corrected chi connectivity index (χ2v) is 11.2. The number of carbonyl (C=O) groups is 1. The number of hydrogen-bond acceptors (Lipinski definition) is 2. The van der Waals surface area contributed by atoms with Crippen LogP contribution in [0.15, 0.2) is 78.9 Å². The van der Waals surface area contributed by atoms with Gasteiger partial charge < -0.3 is 10.0 Å². The number of aryl methyl sites for hydroxylation is 1. The topological polar surface area (TPSA) is 40.5 Å². The molecule has 3 aromatic rings. The van der Waals surface area contributed by atoms with Gasteiger partial charge in [-0.3, -0.25) is 0 Å². The predicted octanol–water partition coefficient (Wildman–Crippen LogP) is 7.56. The van der Waals surface area contributed by atoms with Crippen molar-refractivity contribution in [2.75, 3.05) is 11.4 Å². The molecule has 182 valence electrons. The zero-order chi connectivity index (χ0) is 24.6. The van der Waals surface area contributed by atoms with Gasteiger partial charge in [0.2, 0.25) is 0 Å². The van der Waals surface area contributed by atoms with E-state index < -0.39 is 5.97 Å². The monoisotopic (exact) mass is 467 g/mol. The molecule has 0 heterocycles. The van der Waals surface area contributed by atoms with Gasteiger partial charge in [0.1, 0.15) is 0 Å². The van der Waals surface area contributed by atoms with Crippen LogP contribution in [0.1, 0.15) is 56.0 Å². The van der Waals surface area contributed by atoms with Crippen LogP contribution in [-0.2, 0) is 6.42 Å². The minimum absolute atomic E-state index is 0.322. The smallest absolute Gasteiger partial charge is 0.335 e. The van der Waals surface area contributed by atoms with Gasteiger partial charge in [0.15, 0.2) is 0 Å². The summed E-state index contributed by atoms with van der Waals surface area (Å²) in [6.45, 7) is 8.50. The first-order valence-electron chi connectivity index (χ1n) is 13.1. The predicted molar refractivity (Wildman–Crippen MR) is 144 cm³/mol. The fraction of sp³-hybridized carbons (Fsp3) is 0.406. The van der Waals surface area contributed by atoms with Crippen LogP contribution in [-0.4, -0.2) is 23.7 Å². The van der Waals surface area contributed by atoms with E-state index in [9.17, 15) is 9.90 Å². The Balaban J connectivity index is 1.36. The lowest BCUT2D eigenvalue weighted by Crippen LogP contribution is -2.61. The third-order valence-electron chi connectivity index (χ3n) is 9.09. The molecule has 3 fully saturated rings. The summed E-state index contributed by atoms with van der Waals surface area (Å²) in [6, 6.07) is 27.5. The summed E-state index contributed by atoms with van der Waals surface area (Å²) < 4.78 is 0. The van der Waals surface area contributed by atoms with Gasteiger partial charge in [0, 0.05) is 18.3 Å². The molecule has 0 aliphatic heterocycles. The van der Waals surface area contributed by atoms with E-state index in [1.807, 2.05) is 12.1 Å². The highest BCUT2D eigenvalue weighted by Crippen LogP contribution is 2.62. The molecule has 1 N–H and O–H groups in total. The van der Waals surface area contributed by atoms with Crippen molar-refractivity contribution in [1.82, 2.24) is 0 Å². The molecule has 0 amide bonds. The summed E-state index contributed by atoms with van der Waals surface area (Å²) in [7, 11) is 0. The fourth-order valence-corrected chi connectivity index (χ4v) is 6.77. The van der Waals surface area contributed by atoms with Crippen LogP contribution in [0.4, 0.5) is 5.69 Å². The number of fused-ring (bicyclic) bond motifs is 2. The first kappa shape index (κ1) is 23.7. The maximum absolute atomic E-state index is 11.2. The molecule has 3 aliphatic carbocycles. The van der Waals surface area contributed by atoms with Crippen molar-refractivity contribution in [2.24, 2.45) is 23.2 Å². The highest BCUT2D eigenvalue weighted by molar-refractivity contribution is 5.88. The van der Waals surface area contributed by atoms with Crippen LogP contribution in [0, 0.1) is 23.2 Å². The first-order chi connectivity index (χ1) is 16.8. The average Bonchev–Trinajstić information content (AvgIpc) is 2.87. The molecule has 3 nitrogen and oxygen atoms in total. The molecule has 3 aliphatic rings. The summed E-state index contributed by atoms with van der Waals surface area (Å²) in [5.74, 6) is 1.45. The molecule has 2 bridgehead atoms. The molecule has 0 spiro atoms. The van der Waals surface area contributed by atoms with Crippen LogP contribution >= 0.6 is 0 Å². The van der Waals surface area contributed by atoms with Gasteiger partial charge in [-0.2, -0.15) is 0 Å². The van der Waals surface area contributed by atoms with Gasteiger partial charge in [0.05, 0.1) is 5.56 Å². The normalized spacial score (nSPS) is 24.4. The maximum atomic E-state index is 11.2. The van der Waals surface area contributed by atoms with Gasteiger partial charge in [-0.25, -0.2) is 4.79 Å². The number of rotatable bonds is 8. The number of carboxylic acids is 1. The minimum atomic E-state index is -0.888. The number of benzene rings is 3. The van der Waals surface area contributed by atoms with E-state index >= 15 is 0 Å². The first-order valence-corrected chi connectivity index (χ1v) is 13.1. The van der Waals surface area contributed by atoms with Crippen molar-refractivity contribution in [2.45, 2.75) is 52.5 Å². The Morgan fingerprint density at radius 3 is 2.11 bits per heavy atom. The van der Waals surface area contributed by atoms with Gasteiger partial charge in [-0.05, 0) is 89.8 Å². The van der Waals surface area contributed by atoms with E-state index in [1.54, 1.807) is 12.1 Å². The van der Waals surface area contributed by atoms with E-state index in [1.165, 1.54) is 24.1 Å². The number of aromatic carboxylic acids is 1. The Morgan fingerprint density at radius 2 is 1.54 bits per heavy atom. The van der Waals surface area contributed by atoms with Crippen LogP contribution in [0.3, 0.4) is 0 Å². The van der Waals surface area contributed by atoms with Crippen molar-refractivity contribution >= 4 is 11.7 Å². The number of anilines is 1. The SMILES string of the molecule is C[C@@H]1C2C[C@@H](C[C@@H]1N(CCCc1ccccc1)c1ccc(-c3ccc(C(=O)O)cc3)cc1)C2(C)C. The average molecular weight is 468 g/mol. The number of nitrogens with zero attached hydrogens (tertiary/aromatic N) is 1. The highest BCUT2D eigenvalue weighted by Gasteiger charge is 2.57. The lowest BCUT2D eigenvalue weighted by atomic mass is 9.44. The molecule has 3 saturated carbocycles. The number of hydrogen-bond donors (Lipinski definition) is 1. The molecular formula is C32H37NO2. The lowest BCUT2D eigenvalue weighted by Gasteiger charge is -2.63. The summed E-state index contributed by atoms with van der Waals surface area (Å²) in [5, 5.41) is 9.18.